The van der Waals surface area contributed by atoms with Gasteiger partial charge in [-0.05, 0) is 0 Å². The second-order valence-electron chi connectivity index (χ2n) is 4.54. The third-order valence-corrected chi connectivity index (χ3v) is 3.13. The first kappa shape index (κ1) is 10.7. The van der Waals surface area contributed by atoms with Crippen molar-refractivity contribution in [2.75, 3.05) is 13.2 Å². The third-order valence-electron chi connectivity index (χ3n) is 3.13. The van der Waals surface area contributed by atoms with E-state index in [-0.39, 0.29) is 29.5 Å². The maximum atomic E-state index is 10.1. The number of rotatable bonds is 4. The van der Waals surface area contributed by atoms with Crippen LogP contribution in [0.2, 0.25) is 0 Å². The van der Waals surface area contributed by atoms with E-state index in [9.17, 15) is 15.3 Å². The predicted molar refractivity (Wildman–Crippen MR) is 58.3 cm³/mol. The molecule has 0 bridgehead atoms. The number of aromatic hydroxyl groups is 3. The maximum Gasteiger partial charge on any atom is 0.129 e. The van der Waals surface area contributed by atoms with Gasteiger partial charge >= 0.3 is 0 Å². The summed E-state index contributed by atoms with van der Waals surface area (Å²) >= 11 is 0. The van der Waals surface area contributed by atoms with Crippen molar-refractivity contribution in [3.05, 3.63) is 17.2 Å². The smallest absolute Gasteiger partial charge is 0.129 e. The summed E-state index contributed by atoms with van der Waals surface area (Å²) in [7, 11) is 0. The van der Waals surface area contributed by atoms with Crippen LogP contribution in [-0.4, -0.2) is 40.7 Å². The van der Waals surface area contributed by atoms with E-state index in [1.54, 1.807) is 0 Å². The molecule has 1 aromatic rings. The number of hydrogen-bond donors (Lipinski definition) is 3. The van der Waals surface area contributed by atoms with Gasteiger partial charge in [0.05, 0.1) is 25.4 Å². The van der Waals surface area contributed by atoms with E-state index in [0.29, 0.717) is 37.2 Å². The fourth-order valence-corrected chi connectivity index (χ4v) is 1.96. The molecule has 92 valence electrons. The van der Waals surface area contributed by atoms with Gasteiger partial charge < -0.3 is 24.8 Å². The van der Waals surface area contributed by atoms with Crippen LogP contribution < -0.4 is 0 Å². The molecule has 2 saturated heterocycles. The van der Waals surface area contributed by atoms with Crippen LogP contribution in [0.3, 0.4) is 0 Å². The van der Waals surface area contributed by atoms with E-state index in [1.807, 2.05) is 0 Å². The lowest BCUT2D eigenvalue weighted by molar-refractivity contribution is 0.376. The molecule has 1 aromatic carbocycles. The number of benzene rings is 1. The Bertz CT molecular complexity index is 410. The molecule has 0 radical (unpaired) electrons. The Kier molecular flexibility index (Phi) is 2.38. The molecule has 5 heteroatoms. The standard InChI is InChI=1S/C12H14O5/c13-10-3-11(14)9(2-7-5-17-7)12(15)8(10)1-6-4-16-6/h3,6-7,13-15H,1-2,4-5H2. The topological polar surface area (TPSA) is 85.8 Å². The van der Waals surface area contributed by atoms with Crippen LogP contribution in [0.1, 0.15) is 11.1 Å². The molecule has 2 atom stereocenters. The van der Waals surface area contributed by atoms with Gasteiger partial charge in [-0.2, -0.15) is 0 Å². The van der Waals surface area contributed by atoms with Crippen LogP contribution in [0.15, 0.2) is 6.07 Å². The van der Waals surface area contributed by atoms with Crippen molar-refractivity contribution in [1.82, 2.24) is 0 Å². The molecule has 5 nitrogen and oxygen atoms in total. The van der Waals surface area contributed by atoms with Gasteiger partial charge in [0.1, 0.15) is 17.2 Å². The molecule has 2 aliphatic rings. The minimum absolute atomic E-state index is 0.0338. The van der Waals surface area contributed by atoms with Crippen LogP contribution in [-0.2, 0) is 22.3 Å². The van der Waals surface area contributed by atoms with Crippen LogP contribution in [0.4, 0.5) is 0 Å². The average Bonchev–Trinajstić information content (AvgIpc) is 3.12. The fraction of sp³-hybridized carbons (Fsp3) is 0.500. The van der Waals surface area contributed by atoms with Crippen LogP contribution >= 0.6 is 0 Å². The second kappa shape index (κ2) is 3.78. The molecule has 2 aliphatic heterocycles. The highest BCUT2D eigenvalue weighted by Crippen LogP contribution is 2.40. The zero-order valence-electron chi connectivity index (χ0n) is 9.22. The summed E-state index contributed by atoms with van der Waals surface area (Å²) in [5.74, 6) is -0.208. The van der Waals surface area contributed by atoms with Crippen LogP contribution in [0.25, 0.3) is 0 Å². The largest absolute Gasteiger partial charge is 0.507 e. The zero-order valence-corrected chi connectivity index (χ0v) is 9.22. The minimum Gasteiger partial charge on any atom is -0.507 e. The summed E-state index contributed by atoms with van der Waals surface area (Å²) in [5, 5.41) is 29.5. The van der Waals surface area contributed by atoms with Gasteiger partial charge in [0.15, 0.2) is 0 Å². The summed E-state index contributed by atoms with van der Waals surface area (Å²) in [5.41, 5.74) is 0.891. The van der Waals surface area contributed by atoms with Crippen molar-refractivity contribution in [3.63, 3.8) is 0 Å². The summed E-state index contributed by atoms with van der Waals surface area (Å²) in [6.45, 7) is 1.31. The fourth-order valence-electron chi connectivity index (χ4n) is 1.96. The highest BCUT2D eigenvalue weighted by molar-refractivity contribution is 5.56. The lowest BCUT2D eigenvalue weighted by atomic mass is 9.99. The molecule has 2 unspecified atom stereocenters. The van der Waals surface area contributed by atoms with Crippen LogP contribution in [0.5, 0.6) is 17.2 Å². The first-order chi connectivity index (χ1) is 8.15. The Balaban J connectivity index is 1.94. The summed E-state index contributed by atoms with van der Waals surface area (Å²) in [6, 6.07) is 1.27. The van der Waals surface area contributed by atoms with Gasteiger partial charge in [0.25, 0.3) is 0 Å². The van der Waals surface area contributed by atoms with Gasteiger partial charge in [-0.1, -0.05) is 0 Å². The number of ether oxygens (including phenoxy) is 2. The second-order valence-corrected chi connectivity index (χ2v) is 4.54. The minimum atomic E-state index is -0.0871. The zero-order chi connectivity index (χ0) is 12.0. The van der Waals surface area contributed by atoms with Gasteiger partial charge in [-0.3, -0.25) is 0 Å². The van der Waals surface area contributed by atoms with Gasteiger partial charge in [0.2, 0.25) is 0 Å². The van der Waals surface area contributed by atoms with Crippen molar-refractivity contribution < 1.29 is 24.8 Å². The molecule has 0 aliphatic carbocycles. The van der Waals surface area contributed by atoms with E-state index in [4.69, 9.17) is 9.47 Å². The quantitative estimate of drug-likeness (QED) is 0.672. The molecule has 0 spiro atoms. The maximum absolute atomic E-state index is 10.1. The Morgan fingerprint density at radius 1 is 0.941 bits per heavy atom. The molecule has 2 fully saturated rings. The van der Waals surface area contributed by atoms with E-state index in [1.165, 1.54) is 6.07 Å². The highest BCUT2D eigenvalue weighted by Gasteiger charge is 2.30. The van der Waals surface area contributed by atoms with Crippen molar-refractivity contribution in [2.45, 2.75) is 25.0 Å². The van der Waals surface area contributed by atoms with Crippen molar-refractivity contribution in [1.29, 1.82) is 0 Å². The normalized spacial score (nSPS) is 25.9. The first-order valence-corrected chi connectivity index (χ1v) is 5.64. The molecule has 0 amide bonds. The lowest BCUT2D eigenvalue weighted by Crippen LogP contribution is -2.00. The summed E-state index contributed by atoms with van der Waals surface area (Å²) in [4.78, 5) is 0. The van der Waals surface area contributed by atoms with Crippen molar-refractivity contribution in [3.8, 4) is 17.2 Å². The monoisotopic (exact) mass is 238 g/mol. The van der Waals surface area contributed by atoms with Gasteiger partial charge in [-0.15, -0.1) is 0 Å². The Labute approximate surface area is 98.2 Å². The molecule has 3 rings (SSSR count). The van der Waals surface area contributed by atoms with Gasteiger partial charge in [0, 0.05) is 30.0 Å². The Morgan fingerprint density at radius 2 is 1.35 bits per heavy atom. The summed E-state index contributed by atoms with van der Waals surface area (Å²) < 4.78 is 10.2. The average molecular weight is 238 g/mol. The van der Waals surface area contributed by atoms with E-state index >= 15 is 0 Å². The number of hydrogen-bond acceptors (Lipinski definition) is 5. The molecular weight excluding hydrogens is 224 g/mol. The lowest BCUT2D eigenvalue weighted by Gasteiger charge is -2.12. The molecule has 0 saturated carbocycles. The molecule has 0 aromatic heterocycles. The number of phenolic OH excluding ortho intramolecular Hbond substituents is 3. The predicted octanol–water partition coefficient (Wildman–Crippen LogP) is 0.686. The Morgan fingerprint density at radius 3 is 1.71 bits per heavy atom. The van der Waals surface area contributed by atoms with E-state index in [0.717, 1.165) is 0 Å². The molecule has 2 heterocycles. The van der Waals surface area contributed by atoms with Crippen molar-refractivity contribution in [2.24, 2.45) is 0 Å². The van der Waals surface area contributed by atoms with Crippen molar-refractivity contribution >= 4 is 0 Å². The molecular formula is C12H14O5. The van der Waals surface area contributed by atoms with E-state index in [2.05, 4.69) is 0 Å². The first-order valence-electron chi connectivity index (χ1n) is 5.64. The molecule has 17 heavy (non-hydrogen) atoms. The molecule has 3 N–H and O–H groups in total. The third kappa shape index (κ3) is 2.16. The van der Waals surface area contributed by atoms with Crippen LogP contribution in [0, 0.1) is 0 Å². The number of phenols is 3. The highest BCUT2D eigenvalue weighted by atomic mass is 16.6. The van der Waals surface area contributed by atoms with E-state index < -0.39 is 0 Å². The number of epoxide rings is 2. The SMILES string of the molecule is Oc1cc(O)c(CC2CO2)c(O)c1CC1CO1. The summed E-state index contributed by atoms with van der Waals surface area (Å²) in [6.07, 6.45) is 1.08. The Hall–Kier alpha value is -1.46. The van der Waals surface area contributed by atoms with Gasteiger partial charge in [-0.25, -0.2) is 0 Å².